The smallest absolute Gasteiger partial charge is 0.268 e. The molecule has 5 heteroatoms. The zero-order valence-corrected chi connectivity index (χ0v) is 12.8. The number of amides is 1. The van der Waals surface area contributed by atoms with Gasteiger partial charge in [-0.25, -0.2) is 4.39 Å². The lowest BCUT2D eigenvalue weighted by molar-refractivity contribution is -0.125. The Labute approximate surface area is 134 Å². The van der Waals surface area contributed by atoms with Gasteiger partial charge in [-0.1, -0.05) is 42.4 Å². The lowest BCUT2D eigenvalue weighted by atomic mass is 10.0. The Morgan fingerprint density at radius 1 is 1.30 bits per heavy atom. The summed E-state index contributed by atoms with van der Waals surface area (Å²) in [5, 5.41) is 6.80. The summed E-state index contributed by atoms with van der Waals surface area (Å²) in [6.07, 6.45) is 0.453. The third-order valence-electron chi connectivity index (χ3n) is 3.78. The molecule has 0 saturated carbocycles. The molecule has 23 heavy (non-hydrogen) atoms. The van der Waals surface area contributed by atoms with Crippen molar-refractivity contribution in [3.05, 3.63) is 65.5 Å². The van der Waals surface area contributed by atoms with Gasteiger partial charge in [-0.2, -0.15) is 0 Å². The highest BCUT2D eigenvalue weighted by atomic mass is 19.1. The van der Waals surface area contributed by atoms with Crippen LogP contribution in [0.25, 0.3) is 0 Å². The number of carbonyl (C=O) groups is 1. The summed E-state index contributed by atoms with van der Waals surface area (Å²) in [4.78, 5) is 17.6. The standard InChI is InChI=1S/C18H17FN2O2/c1-2-12-6-3-4-9-15(12)20-18(22)17-11-16(21-23-17)13-7-5-8-14(19)10-13/h3-10,17H,2,11H2,1H3,(H,20,22)/t17-/m1/s1. The number of para-hydroxylation sites is 1. The molecule has 0 spiro atoms. The minimum atomic E-state index is -0.696. The fourth-order valence-electron chi connectivity index (χ4n) is 2.52. The number of nitrogens with one attached hydrogen (secondary N) is 1. The van der Waals surface area contributed by atoms with E-state index in [4.69, 9.17) is 4.84 Å². The van der Waals surface area contributed by atoms with Crippen molar-refractivity contribution in [2.75, 3.05) is 5.32 Å². The predicted molar refractivity (Wildman–Crippen MR) is 86.9 cm³/mol. The zero-order chi connectivity index (χ0) is 16.2. The fourth-order valence-corrected chi connectivity index (χ4v) is 2.52. The summed E-state index contributed by atoms with van der Waals surface area (Å²) in [6.45, 7) is 2.03. The summed E-state index contributed by atoms with van der Waals surface area (Å²) in [6, 6.07) is 13.8. The molecule has 0 bridgehead atoms. The summed E-state index contributed by atoms with van der Waals surface area (Å²) in [5.41, 5.74) is 3.05. The molecule has 0 aromatic heterocycles. The minimum absolute atomic E-state index is 0.249. The highest BCUT2D eigenvalue weighted by Gasteiger charge is 2.29. The van der Waals surface area contributed by atoms with E-state index in [9.17, 15) is 9.18 Å². The maximum absolute atomic E-state index is 13.3. The van der Waals surface area contributed by atoms with Crippen LogP contribution in [0.5, 0.6) is 0 Å². The lowest BCUT2D eigenvalue weighted by Crippen LogP contribution is -2.28. The number of halogens is 1. The van der Waals surface area contributed by atoms with Gasteiger partial charge in [0.2, 0.25) is 6.10 Å². The zero-order valence-electron chi connectivity index (χ0n) is 12.8. The van der Waals surface area contributed by atoms with Gasteiger partial charge in [0.15, 0.2) is 0 Å². The van der Waals surface area contributed by atoms with E-state index in [1.54, 1.807) is 12.1 Å². The molecule has 2 aromatic rings. The molecule has 4 nitrogen and oxygen atoms in total. The van der Waals surface area contributed by atoms with Gasteiger partial charge in [0.25, 0.3) is 5.91 Å². The maximum Gasteiger partial charge on any atom is 0.268 e. The molecule has 3 rings (SSSR count). The molecule has 1 aliphatic rings. The van der Waals surface area contributed by atoms with Gasteiger partial charge in [-0.15, -0.1) is 0 Å². The molecule has 118 valence electrons. The van der Waals surface area contributed by atoms with E-state index in [0.29, 0.717) is 17.7 Å². The highest BCUT2D eigenvalue weighted by Crippen LogP contribution is 2.21. The molecule has 0 aliphatic carbocycles. The number of nitrogens with zero attached hydrogens (tertiary/aromatic N) is 1. The number of hydrogen-bond acceptors (Lipinski definition) is 3. The lowest BCUT2D eigenvalue weighted by Gasteiger charge is -2.12. The fraction of sp³-hybridized carbons (Fsp3) is 0.222. The average Bonchev–Trinajstić information content (AvgIpc) is 3.05. The van der Waals surface area contributed by atoms with Crippen LogP contribution in [0.2, 0.25) is 0 Å². The Bertz CT molecular complexity index is 758. The van der Waals surface area contributed by atoms with E-state index in [2.05, 4.69) is 10.5 Å². The first kappa shape index (κ1) is 15.2. The van der Waals surface area contributed by atoms with E-state index in [-0.39, 0.29) is 11.7 Å². The van der Waals surface area contributed by atoms with E-state index in [1.807, 2.05) is 31.2 Å². The van der Waals surface area contributed by atoms with Crippen LogP contribution in [0.15, 0.2) is 53.7 Å². The van der Waals surface area contributed by atoms with Crippen molar-refractivity contribution >= 4 is 17.3 Å². The van der Waals surface area contributed by atoms with Crippen LogP contribution in [-0.2, 0) is 16.1 Å². The number of carbonyl (C=O) groups excluding carboxylic acids is 1. The number of benzene rings is 2. The Morgan fingerprint density at radius 3 is 2.91 bits per heavy atom. The SMILES string of the molecule is CCc1ccccc1NC(=O)[C@H]1CC(c2cccc(F)c2)=NO1. The van der Waals surface area contributed by atoms with Gasteiger partial charge >= 0.3 is 0 Å². The van der Waals surface area contributed by atoms with Gasteiger partial charge < -0.3 is 10.2 Å². The summed E-state index contributed by atoms with van der Waals surface area (Å²) < 4.78 is 13.3. The van der Waals surface area contributed by atoms with Gasteiger partial charge in [0.1, 0.15) is 5.82 Å². The Morgan fingerprint density at radius 2 is 2.13 bits per heavy atom. The second-order valence-electron chi connectivity index (χ2n) is 5.35. The Kier molecular flexibility index (Phi) is 4.37. The predicted octanol–water partition coefficient (Wildman–Crippen LogP) is 3.52. The molecule has 1 atom stereocenters. The van der Waals surface area contributed by atoms with Crippen LogP contribution >= 0.6 is 0 Å². The van der Waals surface area contributed by atoms with Crippen molar-refractivity contribution in [1.82, 2.24) is 0 Å². The van der Waals surface area contributed by atoms with Gasteiger partial charge in [-0.05, 0) is 30.2 Å². The van der Waals surface area contributed by atoms with Gasteiger partial charge in [-0.3, -0.25) is 4.79 Å². The summed E-state index contributed by atoms with van der Waals surface area (Å²) in [7, 11) is 0. The monoisotopic (exact) mass is 312 g/mol. The first-order chi connectivity index (χ1) is 11.2. The van der Waals surface area contributed by atoms with Crippen molar-refractivity contribution in [3.63, 3.8) is 0 Å². The molecule has 0 radical (unpaired) electrons. The van der Waals surface area contributed by atoms with Crippen LogP contribution in [-0.4, -0.2) is 17.7 Å². The van der Waals surface area contributed by atoms with Crippen LogP contribution in [0.4, 0.5) is 10.1 Å². The molecule has 1 N–H and O–H groups in total. The minimum Gasteiger partial charge on any atom is -0.382 e. The quantitative estimate of drug-likeness (QED) is 0.939. The molecular formula is C18H17FN2O2. The van der Waals surface area contributed by atoms with Crippen molar-refractivity contribution in [2.24, 2.45) is 5.16 Å². The average molecular weight is 312 g/mol. The molecule has 0 fully saturated rings. The first-order valence-electron chi connectivity index (χ1n) is 7.54. The summed E-state index contributed by atoms with van der Waals surface area (Å²) >= 11 is 0. The van der Waals surface area contributed by atoms with E-state index in [0.717, 1.165) is 17.7 Å². The van der Waals surface area contributed by atoms with E-state index in [1.165, 1.54) is 12.1 Å². The van der Waals surface area contributed by atoms with Crippen LogP contribution in [0.3, 0.4) is 0 Å². The van der Waals surface area contributed by atoms with Crippen LogP contribution < -0.4 is 5.32 Å². The molecule has 0 unspecified atom stereocenters. The van der Waals surface area contributed by atoms with Crippen molar-refractivity contribution in [3.8, 4) is 0 Å². The summed E-state index contributed by atoms with van der Waals surface area (Å²) in [5.74, 6) is -0.587. The Hall–Kier alpha value is -2.69. The number of aryl methyl sites for hydroxylation is 1. The normalized spacial score (nSPS) is 16.6. The second kappa shape index (κ2) is 6.60. The maximum atomic E-state index is 13.3. The first-order valence-corrected chi connectivity index (χ1v) is 7.54. The topological polar surface area (TPSA) is 50.7 Å². The van der Waals surface area contributed by atoms with Gasteiger partial charge in [0.05, 0.1) is 5.71 Å². The highest BCUT2D eigenvalue weighted by molar-refractivity contribution is 6.06. The number of hydrogen-bond donors (Lipinski definition) is 1. The third kappa shape index (κ3) is 3.39. The Balaban J connectivity index is 1.67. The van der Waals surface area contributed by atoms with Crippen molar-refractivity contribution in [2.45, 2.75) is 25.9 Å². The molecule has 1 heterocycles. The van der Waals surface area contributed by atoms with Crippen LogP contribution in [0, 0.1) is 5.82 Å². The third-order valence-corrected chi connectivity index (χ3v) is 3.78. The molecule has 2 aromatic carbocycles. The molecular weight excluding hydrogens is 295 g/mol. The number of rotatable bonds is 4. The second-order valence-corrected chi connectivity index (χ2v) is 5.35. The van der Waals surface area contributed by atoms with E-state index >= 15 is 0 Å². The largest absolute Gasteiger partial charge is 0.382 e. The van der Waals surface area contributed by atoms with Crippen molar-refractivity contribution < 1.29 is 14.0 Å². The van der Waals surface area contributed by atoms with E-state index < -0.39 is 6.10 Å². The molecule has 0 saturated heterocycles. The van der Waals surface area contributed by atoms with Crippen molar-refractivity contribution in [1.29, 1.82) is 0 Å². The molecule has 1 aliphatic heterocycles. The molecule has 1 amide bonds. The van der Waals surface area contributed by atoms with Crippen LogP contribution in [0.1, 0.15) is 24.5 Å². The number of anilines is 1. The number of oxime groups is 1. The van der Waals surface area contributed by atoms with Gasteiger partial charge in [0, 0.05) is 17.7 Å².